The van der Waals surface area contributed by atoms with Crippen molar-refractivity contribution in [3.05, 3.63) is 35.7 Å². The minimum absolute atomic E-state index is 0.276. The Hall–Kier alpha value is -2.87. The molecule has 0 amide bonds. The zero-order valence-electron chi connectivity index (χ0n) is 18.4. The van der Waals surface area contributed by atoms with Crippen molar-refractivity contribution in [2.75, 3.05) is 17.2 Å². The zero-order valence-corrected chi connectivity index (χ0v) is 18.4. The van der Waals surface area contributed by atoms with Gasteiger partial charge in [0.1, 0.15) is 5.75 Å². The van der Waals surface area contributed by atoms with Crippen LogP contribution in [0.1, 0.15) is 57.7 Å². The summed E-state index contributed by atoms with van der Waals surface area (Å²) in [7, 11) is 0. The molecule has 2 aromatic heterocycles. The van der Waals surface area contributed by atoms with Crippen LogP contribution in [0, 0.1) is 6.92 Å². The van der Waals surface area contributed by atoms with Gasteiger partial charge in [0.25, 0.3) is 0 Å². The Morgan fingerprint density at radius 3 is 2.53 bits per heavy atom. The van der Waals surface area contributed by atoms with Crippen LogP contribution in [-0.4, -0.2) is 41.9 Å². The van der Waals surface area contributed by atoms with Crippen LogP contribution in [0.4, 0.5) is 11.8 Å². The molecule has 1 aromatic carbocycles. The van der Waals surface area contributed by atoms with Crippen molar-refractivity contribution in [2.24, 2.45) is 0 Å². The van der Waals surface area contributed by atoms with E-state index in [9.17, 15) is 10.2 Å². The van der Waals surface area contributed by atoms with Gasteiger partial charge in [0.05, 0.1) is 11.9 Å². The zero-order chi connectivity index (χ0) is 21.9. The normalized spacial score (nSPS) is 12.0. The Kier molecular flexibility index (Phi) is 6.45. The summed E-state index contributed by atoms with van der Waals surface area (Å²) in [5.74, 6) is 1.29. The van der Waals surface area contributed by atoms with E-state index in [-0.39, 0.29) is 5.75 Å². The van der Waals surface area contributed by atoms with Crippen LogP contribution in [-0.2, 0) is 6.54 Å². The largest absolute Gasteiger partial charge is 0.507 e. The second-order valence-corrected chi connectivity index (χ2v) is 8.29. The molecule has 0 aliphatic heterocycles. The molecule has 0 bridgehead atoms. The molecule has 0 radical (unpaired) electrons. The summed E-state index contributed by atoms with van der Waals surface area (Å²) in [5.41, 5.74) is 2.14. The highest BCUT2D eigenvalue weighted by Crippen LogP contribution is 2.28. The van der Waals surface area contributed by atoms with E-state index in [1.807, 2.05) is 31.5 Å². The van der Waals surface area contributed by atoms with Gasteiger partial charge in [0.2, 0.25) is 5.95 Å². The molecule has 8 heteroatoms. The van der Waals surface area contributed by atoms with Crippen molar-refractivity contribution < 1.29 is 10.2 Å². The maximum absolute atomic E-state index is 10.3. The maximum atomic E-state index is 10.3. The lowest BCUT2D eigenvalue weighted by atomic mass is 10.1. The van der Waals surface area contributed by atoms with Gasteiger partial charge in [0, 0.05) is 24.7 Å². The molecule has 162 valence electrons. The number of rotatable bonds is 9. The number of aromatic nitrogens is 4. The first-order chi connectivity index (χ1) is 14.2. The third-order valence-corrected chi connectivity index (χ3v) is 5.20. The van der Waals surface area contributed by atoms with Gasteiger partial charge < -0.3 is 25.4 Å². The van der Waals surface area contributed by atoms with Gasteiger partial charge in [-0.25, -0.2) is 4.98 Å². The smallest absolute Gasteiger partial charge is 0.226 e. The Morgan fingerprint density at radius 2 is 1.87 bits per heavy atom. The van der Waals surface area contributed by atoms with Crippen LogP contribution >= 0.6 is 0 Å². The molecule has 0 atom stereocenters. The number of aliphatic hydroxyl groups is 1. The SMILES string of the molecule is CCC(CC)n1cnc2c(NCc3cccc(C)c3O)nc(NCC(C)(C)O)nc21. The van der Waals surface area contributed by atoms with E-state index in [0.717, 1.165) is 29.6 Å². The number of benzene rings is 1. The number of aromatic hydroxyl groups is 1. The molecular weight excluding hydrogens is 380 g/mol. The third-order valence-electron chi connectivity index (χ3n) is 5.20. The van der Waals surface area contributed by atoms with Crippen molar-refractivity contribution in [1.82, 2.24) is 19.5 Å². The van der Waals surface area contributed by atoms with Crippen LogP contribution in [0.5, 0.6) is 5.75 Å². The number of phenols is 1. The summed E-state index contributed by atoms with van der Waals surface area (Å²) < 4.78 is 2.08. The van der Waals surface area contributed by atoms with E-state index in [2.05, 4.69) is 44.0 Å². The molecule has 0 unspecified atom stereocenters. The van der Waals surface area contributed by atoms with Crippen LogP contribution in [0.3, 0.4) is 0 Å². The van der Waals surface area contributed by atoms with Crippen LogP contribution in [0.25, 0.3) is 11.2 Å². The standard InChI is InChI=1S/C22H32N6O2/c1-6-16(7-2)28-13-25-17-19(23-11-15-10-8-9-14(3)18(15)29)26-21(27-20(17)28)24-12-22(4,5)30/h8-10,13,16,29-30H,6-7,11-12H2,1-5H3,(H2,23,24,26,27). The Bertz CT molecular complexity index is 1000. The summed E-state index contributed by atoms with van der Waals surface area (Å²) in [6.45, 7) is 10.3. The Balaban J connectivity index is 1.99. The predicted octanol–water partition coefficient (Wildman–Crippen LogP) is 4.00. The minimum Gasteiger partial charge on any atom is -0.507 e. The number of hydrogen-bond donors (Lipinski definition) is 4. The number of phenolic OH excluding ortho intramolecular Hbond substituents is 1. The lowest BCUT2D eigenvalue weighted by molar-refractivity contribution is 0.0943. The Morgan fingerprint density at radius 1 is 1.13 bits per heavy atom. The molecule has 0 aliphatic rings. The van der Waals surface area contributed by atoms with Gasteiger partial charge in [-0.15, -0.1) is 0 Å². The summed E-state index contributed by atoms with van der Waals surface area (Å²) >= 11 is 0. The molecule has 8 nitrogen and oxygen atoms in total. The van der Waals surface area contributed by atoms with E-state index < -0.39 is 5.60 Å². The molecule has 0 saturated heterocycles. The summed E-state index contributed by atoms with van der Waals surface area (Å²) in [6.07, 6.45) is 3.75. The van der Waals surface area contributed by atoms with Crippen molar-refractivity contribution in [1.29, 1.82) is 0 Å². The molecular formula is C22H32N6O2. The highest BCUT2D eigenvalue weighted by atomic mass is 16.3. The quantitative estimate of drug-likeness (QED) is 0.421. The summed E-state index contributed by atoms with van der Waals surface area (Å²) in [5, 5.41) is 26.8. The minimum atomic E-state index is -0.894. The number of hydrogen-bond acceptors (Lipinski definition) is 7. The number of imidazole rings is 1. The van der Waals surface area contributed by atoms with E-state index in [4.69, 9.17) is 0 Å². The number of para-hydroxylation sites is 1. The van der Waals surface area contributed by atoms with Crippen molar-refractivity contribution in [3.8, 4) is 5.75 Å². The van der Waals surface area contributed by atoms with E-state index in [1.54, 1.807) is 13.8 Å². The van der Waals surface area contributed by atoms with Crippen LogP contribution in [0.15, 0.2) is 24.5 Å². The van der Waals surface area contributed by atoms with Gasteiger partial charge in [-0.3, -0.25) is 0 Å². The molecule has 3 rings (SSSR count). The van der Waals surface area contributed by atoms with Crippen molar-refractivity contribution in [2.45, 2.75) is 65.6 Å². The molecule has 3 aromatic rings. The Labute approximate surface area is 177 Å². The number of nitrogens with zero attached hydrogens (tertiary/aromatic N) is 4. The first kappa shape index (κ1) is 21.8. The third kappa shape index (κ3) is 4.81. The fraction of sp³-hybridized carbons (Fsp3) is 0.500. The van der Waals surface area contributed by atoms with Gasteiger partial charge in [0.15, 0.2) is 17.0 Å². The van der Waals surface area contributed by atoms with E-state index in [1.165, 1.54) is 0 Å². The summed E-state index contributed by atoms with van der Waals surface area (Å²) in [6, 6.07) is 5.96. The number of nitrogens with one attached hydrogen (secondary N) is 2. The van der Waals surface area contributed by atoms with Crippen molar-refractivity contribution >= 4 is 22.9 Å². The molecule has 0 aliphatic carbocycles. The van der Waals surface area contributed by atoms with E-state index in [0.29, 0.717) is 36.4 Å². The second-order valence-electron chi connectivity index (χ2n) is 8.29. The van der Waals surface area contributed by atoms with Gasteiger partial charge in [-0.2, -0.15) is 9.97 Å². The number of anilines is 2. The summed E-state index contributed by atoms with van der Waals surface area (Å²) in [4.78, 5) is 13.8. The molecule has 2 heterocycles. The lowest BCUT2D eigenvalue weighted by Gasteiger charge is -2.19. The van der Waals surface area contributed by atoms with E-state index >= 15 is 0 Å². The van der Waals surface area contributed by atoms with Gasteiger partial charge >= 0.3 is 0 Å². The topological polar surface area (TPSA) is 108 Å². The highest BCUT2D eigenvalue weighted by molar-refractivity contribution is 5.84. The molecule has 4 N–H and O–H groups in total. The first-order valence-corrected chi connectivity index (χ1v) is 10.5. The molecule has 0 spiro atoms. The molecule has 0 saturated carbocycles. The lowest BCUT2D eigenvalue weighted by Crippen LogP contribution is -2.30. The average molecular weight is 413 g/mol. The fourth-order valence-electron chi connectivity index (χ4n) is 3.40. The average Bonchev–Trinajstić information content (AvgIpc) is 3.12. The van der Waals surface area contributed by atoms with Gasteiger partial charge in [-0.05, 0) is 39.2 Å². The van der Waals surface area contributed by atoms with Gasteiger partial charge in [-0.1, -0.05) is 32.0 Å². The van der Waals surface area contributed by atoms with Crippen LogP contribution in [0.2, 0.25) is 0 Å². The number of aryl methyl sites for hydroxylation is 1. The second kappa shape index (κ2) is 8.87. The van der Waals surface area contributed by atoms with Crippen LogP contribution < -0.4 is 10.6 Å². The molecule has 0 fully saturated rings. The monoisotopic (exact) mass is 412 g/mol. The highest BCUT2D eigenvalue weighted by Gasteiger charge is 2.19. The molecule has 30 heavy (non-hydrogen) atoms. The maximum Gasteiger partial charge on any atom is 0.226 e. The number of fused-ring (bicyclic) bond motifs is 1. The first-order valence-electron chi connectivity index (χ1n) is 10.5. The van der Waals surface area contributed by atoms with Crippen molar-refractivity contribution in [3.63, 3.8) is 0 Å². The fourth-order valence-corrected chi connectivity index (χ4v) is 3.40. The predicted molar refractivity (Wildman–Crippen MR) is 120 cm³/mol.